The maximum Gasteiger partial charge on any atom is 0.185 e. The Kier molecular flexibility index (Phi) is 4.72. The largest absolute Gasteiger partial charge is 0.289 e. The van der Waals surface area contributed by atoms with Crippen molar-refractivity contribution in [2.45, 2.75) is 26.7 Å². The molecule has 0 fully saturated rings. The molecule has 0 saturated heterocycles. The van der Waals surface area contributed by atoms with E-state index in [2.05, 4.69) is 19.8 Å². The number of allylic oxidation sites excluding steroid dienone is 2. The average Bonchev–Trinajstić information content (AvgIpc) is 2.29. The fraction of sp³-hybridized carbons (Fsp3) is 0.312. The molecular weight excluding hydrogens is 208 g/mol. The molecule has 0 radical (unpaired) electrons. The van der Waals surface area contributed by atoms with Gasteiger partial charge in [-0.15, -0.1) is 12.3 Å². The van der Waals surface area contributed by atoms with Gasteiger partial charge in [-0.05, 0) is 17.9 Å². The van der Waals surface area contributed by atoms with Crippen molar-refractivity contribution in [2.75, 3.05) is 0 Å². The third kappa shape index (κ3) is 4.70. The molecule has 0 spiro atoms. The molecule has 0 amide bonds. The molecule has 1 rings (SSSR count). The van der Waals surface area contributed by atoms with E-state index in [1.807, 2.05) is 36.4 Å². The van der Waals surface area contributed by atoms with Gasteiger partial charge in [0.05, 0.1) is 0 Å². The van der Waals surface area contributed by atoms with Crippen LogP contribution in [0.5, 0.6) is 0 Å². The molecule has 88 valence electrons. The second-order valence-corrected chi connectivity index (χ2v) is 4.88. The highest BCUT2D eigenvalue weighted by Gasteiger charge is 2.14. The van der Waals surface area contributed by atoms with Crippen molar-refractivity contribution in [2.24, 2.45) is 5.41 Å². The molecule has 0 aliphatic carbocycles. The number of hydrogen-bond donors (Lipinski definition) is 0. The summed E-state index contributed by atoms with van der Waals surface area (Å²) in [5, 5.41) is 0. The molecule has 0 bridgehead atoms. The predicted molar refractivity (Wildman–Crippen MR) is 71.8 cm³/mol. The van der Waals surface area contributed by atoms with Crippen molar-refractivity contribution >= 4 is 5.78 Å². The highest BCUT2D eigenvalue weighted by molar-refractivity contribution is 6.04. The van der Waals surface area contributed by atoms with E-state index in [4.69, 9.17) is 6.42 Å². The van der Waals surface area contributed by atoms with E-state index in [-0.39, 0.29) is 11.2 Å². The van der Waals surface area contributed by atoms with Crippen LogP contribution in [0.15, 0.2) is 42.5 Å². The zero-order chi connectivity index (χ0) is 12.7. The zero-order valence-corrected chi connectivity index (χ0v) is 10.4. The highest BCUT2D eigenvalue weighted by Crippen LogP contribution is 2.24. The van der Waals surface area contributed by atoms with Gasteiger partial charge in [-0.25, -0.2) is 0 Å². The van der Waals surface area contributed by atoms with Crippen LogP contribution in [-0.4, -0.2) is 5.78 Å². The van der Waals surface area contributed by atoms with Crippen LogP contribution < -0.4 is 0 Å². The van der Waals surface area contributed by atoms with Crippen LogP contribution in [0.3, 0.4) is 0 Å². The van der Waals surface area contributed by atoms with Gasteiger partial charge >= 0.3 is 0 Å². The van der Waals surface area contributed by atoms with E-state index in [1.54, 1.807) is 6.08 Å². The summed E-state index contributed by atoms with van der Waals surface area (Å²) in [5.41, 5.74) is 0.779. The van der Waals surface area contributed by atoms with Gasteiger partial charge in [0.1, 0.15) is 0 Å². The summed E-state index contributed by atoms with van der Waals surface area (Å²) in [6.07, 6.45) is 10.4. The number of hydrogen-bond acceptors (Lipinski definition) is 1. The molecule has 0 N–H and O–H groups in total. The molecule has 0 atom stereocenters. The molecule has 0 heterocycles. The molecule has 0 aliphatic heterocycles. The number of carbonyl (C=O) groups is 1. The SMILES string of the molecule is C#CCC(C)(C)C/C=C/C(=O)c1ccccc1. The van der Waals surface area contributed by atoms with Crippen LogP contribution in [0.25, 0.3) is 0 Å². The lowest BCUT2D eigenvalue weighted by atomic mass is 9.86. The summed E-state index contributed by atoms with van der Waals surface area (Å²) in [5.74, 6) is 2.70. The fourth-order valence-electron chi connectivity index (χ4n) is 1.53. The quantitative estimate of drug-likeness (QED) is 0.423. The van der Waals surface area contributed by atoms with Crippen molar-refractivity contribution in [1.29, 1.82) is 0 Å². The minimum absolute atomic E-state index is 0.0436. The lowest BCUT2D eigenvalue weighted by Gasteiger charge is -2.18. The van der Waals surface area contributed by atoms with Crippen molar-refractivity contribution < 1.29 is 4.79 Å². The van der Waals surface area contributed by atoms with Crippen molar-refractivity contribution in [3.05, 3.63) is 48.0 Å². The van der Waals surface area contributed by atoms with Gasteiger partial charge in [0.2, 0.25) is 0 Å². The van der Waals surface area contributed by atoms with Crippen molar-refractivity contribution in [3.63, 3.8) is 0 Å². The first kappa shape index (κ1) is 13.3. The maximum atomic E-state index is 11.8. The Hall–Kier alpha value is -1.81. The topological polar surface area (TPSA) is 17.1 Å². The minimum atomic E-state index is 0.0436. The van der Waals surface area contributed by atoms with E-state index in [9.17, 15) is 4.79 Å². The fourth-order valence-corrected chi connectivity index (χ4v) is 1.53. The first-order valence-electron chi connectivity index (χ1n) is 5.74. The number of benzene rings is 1. The van der Waals surface area contributed by atoms with Crippen LogP contribution in [0, 0.1) is 17.8 Å². The Morgan fingerprint density at radius 2 is 2.00 bits per heavy atom. The van der Waals surface area contributed by atoms with Crippen LogP contribution in [0.2, 0.25) is 0 Å². The summed E-state index contributed by atoms with van der Waals surface area (Å²) in [4.78, 5) is 11.8. The summed E-state index contributed by atoms with van der Waals surface area (Å²) in [7, 11) is 0. The summed E-state index contributed by atoms with van der Waals surface area (Å²) >= 11 is 0. The third-order valence-corrected chi connectivity index (χ3v) is 2.58. The monoisotopic (exact) mass is 226 g/mol. The Morgan fingerprint density at radius 1 is 1.35 bits per heavy atom. The van der Waals surface area contributed by atoms with Crippen LogP contribution in [0.4, 0.5) is 0 Å². The molecule has 17 heavy (non-hydrogen) atoms. The molecule has 1 nitrogen and oxygen atoms in total. The average molecular weight is 226 g/mol. The van der Waals surface area contributed by atoms with Crippen molar-refractivity contribution in [1.82, 2.24) is 0 Å². The standard InChI is InChI=1S/C16H18O/c1-4-12-16(2,3)13-8-11-15(17)14-9-6-5-7-10-14/h1,5-11H,12-13H2,2-3H3/b11-8+. The van der Waals surface area contributed by atoms with Gasteiger partial charge < -0.3 is 0 Å². The summed E-state index contributed by atoms with van der Waals surface area (Å²) in [6.45, 7) is 4.20. The Labute approximate surface area is 104 Å². The normalized spacial score (nSPS) is 11.4. The summed E-state index contributed by atoms with van der Waals surface area (Å²) in [6, 6.07) is 9.27. The predicted octanol–water partition coefficient (Wildman–Crippen LogP) is 3.87. The van der Waals surface area contributed by atoms with Gasteiger partial charge in [0, 0.05) is 12.0 Å². The number of rotatable bonds is 5. The van der Waals surface area contributed by atoms with Gasteiger partial charge in [0.15, 0.2) is 5.78 Å². The third-order valence-electron chi connectivity index (χ3n) is 2.58. The molecule has 0 aromatic heterocycles. The second-order valence-electron chi connectivity index (χ2n) is 4.88. The smallest absolute Gasteiger partial charge is 0.185 e. The molecule has 0 aliphatic rings. The van der Waals surface area contributed by atoms with Gasteiger partial charge in [-0.3, -0.25) is 4.79 Å². The van der Waals surface area contributed by atoms with E-state index < -0.39 is 0 Å². The van der Waals surface area contributed by atoms with E-state index >= 15 is 0 Å². The first-order chi connectivity index (χ1) is 8.05. The second kappa shape index (κ2) is 6.06. The lowest BCUT2D eigenvalue weighted by Crippen LogP contribution is -2.08. The maximum absolute atomic E-state index is 11.8. The molecule has 1 aromatic rings. The molecular formula is C16H18O. The molecule has 1 heteroatoms. The Morgan fingerprint density at radius 3 is 2.59 bits per heavy atom. The van der Waals surface area contributed by atoms with Gasteiger partial charge in [-0.2, -0.15) is 0 Å². The van der Waals surface area contributed by atoms with E-state index in [0.717, 1.165) is 18.4 Å². The van der Waals surface area contributed by atoms with Crippen LogP contribution in [-0.2, 0) is 0 Å². The molecule has 1 aromatic carbocycles. The number of ketones is 1. The van der Waals surface area contributed by atoms with E-state index in [0.29, 0.717) is 0 Å². The van der Waals surface area contributed by atoms with Crippen LogP contribution in [0.1, 0.15) is 37.0 Å². The minimum Gasteiger partial charge on any atom is -0.289 e. The Balaban J connectivity index is 2.56. The van der Waals surface area contributed by atoms with Crippen LogP contribution >= 0.6 is 0 Å². The lowest BCUT2D eigenvalue weighted by molar-refractivity contribution is 0.104. The molecule has 0 unspecified atom stereocenters. The first-order valence-corrected chi connectivity index (χ1v) is 5.74. The molecule has 0 saturated carbocycles. The van der Waals surface area contributed by atoms with Gasteiger partial charge in [0.25, 0.3) is 0 Å². The Bertz CT molecular complexity index is 432. The zero-order valence-electron chi connectivity index (χ0n) is 10.4. The van der Waals surface area contributed by atoms with E-state index in [1.165, 1.54) is 0 Å². The highest BCUT2D eigenvalue weighted by atomic mass is 16.1. The summed E-state index contributed by atoms with van der Waals surface area (Å²) < 4.78 is 0. The number of terminal acetylenes is 1. The van der Waals surface area contributed by atoms with Gasteiger partial charge in [-0.1, -0.05) is 50.3 Å². The van der Waals surface area contributed by atoms with Crippen molar-refractivity contribution in [3.8, 4) is 12.3 Å². The number of carbonyl (C=O) groups excluding carboxylic acids is 1.